The lowest BCUT2D eigenvalue weighted by Crippen LogP contribution is -2.54. The van der Waals surface area contributed by atoms with Crippen LogP contribution in [0.3, 0.4) is 0 Å². The van der Waals surface area contributed by atoms with Crippen LogP contribution in [0.15, 0.2) is 54.1 Å². The number of carboxylic acid groups (broad SMARTS) is 1. The molecule has 4 amide bonds. The summed E-state index contributed by atoms with van der Waals surface area (Å²) < 4.78 is 4.99. The largest absolute Gasteiger partial charge is 0.546 e. The van der Waals surface area contributed by atoms with Crippen molar-refractivity contribution in [1.29, 1.82) is 0 Å². The third-order valence-electron chi connectivity index (χ3n) is 4.47. The molecule has 2 aromatic rings. The van der Waals surface area contributed by atoms with Crippen molar-refractivity contribution in [3.63, 3.8) is 0 Å². The quantitative estimate of drug-likeness (QED) is 0.574. The van der Waals surface area contributed by atoms with Gasteiger partial charge in [0.1, 0.15) is 17.9 Å². The molecule has 1 saturated heterocycles. The van der Waals surface area contributed by atoms with E-state index >= 15 is 0 Å². The van der Waals surface area contributed by atoms with Crippen molar-refractivity contribution in [2.45, 2.75) is 19.8 Å². The fraction of sp³-hybridized carbons (Fsp3) is 0.182. The maximum absolute atomic E-state index is 12.9. The van der Waals surface area contributed by atoms with E-state index in [2.05, 4.69) is 5.32 Å². The Balaban J connectivity index is 1.85. The molecular formula is C22H19N2O6-. The van der Waals surface area contributed by atoms with Crippen LogP contribution in [-0.4, -0.2) is 30.4 Å². The molecule has 1 heterocycles. The highest BCUT2D eigenvalue weighted by atomic mass is 16.5. The first kappa shape index (κ1) is 20.8. The highest BCUT2D eigenvalue weighted by Crippen LogP contribution is 2.24. The second kappa shape index (κ2) is 8.60. The molecule has 0 atom stereocenters. The number of imide groups is 2. The Labute approximate surface area is 172 Å². The zero-order valence-electron chi connectivity index (χ0n) is 16.4. The smallest absolute Gasteiger partial charge is 0.335 e. The molecule has 30 heavy (non-hydrogen) atoms. The predicted octanol–water partition coefficient (Wildman–Crippen LogP) is 1.61. The number of hydrogen-bond acceptors (Lipinski definition) is 6. The normalized spacial score (nSPS) is 15.5. The van der Waals surface area contributed by atoms with Crippen molar-refractivity contribution in [1.82, 2.24) is 5.32 Å². The molecule has 0 radical (unpaired) electrons. The summed E-state index contributed by atoms with van der Waals surface area (Å²) in [5, 5.41) is 12.6. The van der Waals surface area contributed by atoms with Crippen molar-refractivity contribution in [2.24, 2.45) is 0 Å². The number of carbonyl (C=O) groups excluding carboxylic acids is 4. The van der Waals surface area contributed by atoms with E-state index in [9.17, 15) is 24.3 Å². The van der Waals surface area contributed by atoms with E-state index < -0.39 is 30.4 Å². The summed E-state index contributed by atoms with van der Waals surface area (Å²) in [4.78, 5) is 48.8. The topological polar surface area (TPSA) is 116 Å². The van der Waals surface area contributed by atoms with E-state index in [1.165, 1.54) is 18.2 Å². The van der Waals surface area contributed by atoms with Crippen molar-refractivity contribution in [3.8, 4) is 5.75 Å². The van der Waals surface area contributed by atoms with Gasteiger partial charge >= 0.3 is 6.03 Å². The Morgan fingerprint density at radius 3 is 2.27 bits per heavy atom. The zero-order valence-corrected chi connectivity index (χ0v) is 16.4. The summed E-state index contributed by atoms with van der Waals surface area (Å²) in [6, 6.07) is 12.2. The number of benzene rings is 2. The molecule has 8 heteroatoms. The van der Waals surface area contributed by atoms with Gasteiger partial charge in [-0.15, -0.1) is 0 Å². The monoisotopic (exact) mass is 407 g/mol. The number of urea groups is 1. The van der Waals surface area contributed by atoms with Gasteiger partial charge in [-0.25, -0.2) is 9.69 Å². The molecule has 1 aliphatic heterocycles. The fourth-order valence-corrected chi connectivity index (χ4v) is 2.87. The number of carbonyl (C=O) groups is 4. The molecule has 0 aromatic heterocycles. The average Bonchev–Trinajstić information content (AvgIpc) is 2.70. The molecule has 0 bridgehead atoms. The van der Waals surface area contributed by atoms with Crippen LogP contribution in [0.2, 0.25) is 0 Å². The Morgan fingerprint density at radius 1 is 1.07 bits per heavy atom. The van der Waals surface area contributed by atoms with E-state index in [0.717, 1.165) is 10.5 Å². The van der Waals surface area contributed by atoms with E-state index in [1.54, 1.807) is 24.3 Å². The summed E-state index contributed by atoms with van der Waals surface area (Å²) in [5.41, 5.74) is 1.70. The lowest BCUT2D eigenvalue weighted by molar-refractivity contribution is -0.307. The minimum absolute atomic E-state index is 0.203. The van der Waals surface area contributed by atoms with E-state index in [-0.39, 0.29) is 5.57 Å². The number of anilines is 1. The number of amides is 4. The van der Waals surface area contributed by atoms with Gasteiger partial charge in [0.15, 0.2) is 0 Å². The van der Waals surface area contributed by atoms with Gasteiger partial charge in [-0.05, 0) is 47.4 Å². The Bertz CT molecular complexity index is 1020. The molecule has 2 aromatic carbocycles. The van der Waals surface area contributed by atoms with Crippen LogP contribution < -0.4 is 20.1 Å². The van der Waals surface area contributed by atoms with Gasteiger partial charge in [-0.2, -0.15) is 0 Å². The standard InChI is InChI=1S/C22H20N2O6/c1-13(2)15-5-7-16(8-6-15)24-21(28)18(20(27)23-22(24)29)11-14-3-9-17(10-4-14)30-12-19(25)26/h3-11,13H,12H2,1-2H3,(H,25,26)(H,23,27,29)/p-1/b18-11+. The molecule has 1 N–H and O–H groups in total. The lowest BCUT2D eigenvalue weighted by Gasteiger charge is -2.26. The first-order valence-corrected chi connectivity index (χ1v) is 9.20. The van der Waals surface area contributed by atoms with E-state index in [0.29, 0.717) is 22.9 Å². The molecule has 3 rings (SSSR count). The highest BCUT2D eigenvalue weighted by Gasteiger charge is 2.36. The van der Waals surface area contributed by atoms with Gasteiger partial charge in [0.05, 0.1) is 11.7 Å². The predicted molar refractivity (Wildman–Crippen MR) is 106 cm³/mol. The number of barbiturate groups is 1. The van der Waals surface area contributed by atoms with E-state index in [4.69, 9.17) is 4.74 Å². The number of ether oxygens (including phenoxy) is 1. The van der Waals surface area contributed by atoms with Crippen molar-refractivity contribution >= 4 is 35.6 Å². The molecule has 0 saturated carbocycles. The van der Waals surface area contributed by atoms with Gasteiger partial charge < -0.3 is 14.6 Å². The SMILES string of the molecule is CC(C)c1ccc(N2C(=O)NC(=O)/C(=C\c3ccc(OCC(=O)[O-])cc3)C2=O)cc1. The summed E-state index contributed by atoms with van der Waals surface area (Å²) in [7, 11) is 0. The molecule has 0 spiro atoms. The number of nitrogens with zero attached hydrogens (tertiary/aromatic N) is 1. The van der Waals surface area contributed by atoms with Gasteiger partial charge in [0.2, 0.25) is 0 Å². The third kappa shape index (κ3) is 4.54. The zero-order chi connectivity index (χ0) is 21.8. The summed E-state index contributed by atoms with van der Waals surface area (Å²) in [6.07, 6.45) is 1.35. The van der Waals surface area contributed by atoms with Crippen LogP contribution in [0.5, 0.6) is 5.75 Å². The second-order valence-electron chi connectivity index (χ2n) is 6.93. The van der Waals surface area contributed by atoms with Crippen LogP contribution in [0.25, 0.3) is 6.08 Å². The third-order valence-corrected chi connectivity index (χ3v) is 4.47. The maximum Gasteiger partial charge on any atom is 0.335 e. The molecule has 8 nitrogen and oxygen atoms in total. The Kier molecular flexibility index (Phi) is 5.96. The summed E-state index contributed by atoms with van der Waals surface area (Å²) >= 11 is 0. The number of aliphatic carboxylic acids is 1. The minimum atomic E-state index is -1.35. The summed E-state index contributed by atoms with van der Waals surface area (Å²) in [5.74, 6) is -2.30. The van der Waals surface area contributed by atoms with Gasteiger partial charge in [-0.1, -0.05) is 38.1 Å². The van der Waals surface area contributed by atoms with Crippen molar-refractivity contribution in [2.75, 3.05) is 11.5 Å². The number of carboxylic acids is 1. The van der Waals surface area contributed by atoms with Crippen LogP contribution >= 0.6 is 0 Å². The van der Waals surface area contributed by atoms with Crippen molar-refractivity contribution in [3.05, 3.63) is 65.2 Å². The first-order valence-electron chi connectivity index (χ1n) is 9.20. The van der Waals surface area contributed by atoms with E-state index in [1.807, 2.05) is 26.0 Å². The first-order chi connectivity index (χ1) is 14.3. The Morgan fingerprint density at radius 2 is 1.70 bits per heavy atom. The van der Waals surface area contributed by atoms with Crippen molar-refractivity contribution < 1.29 is 29.0 Å². The molecular weight excluding hydrogens is 388 g/mol. The van der Waals surface area contributed by atoms with Crippen LogP contribution in [0, 0.1) is 0 Å². The van der Waals surface area contributed by atoms with Crippen LogP contribution in [0.4, 0.5) is 10.5 Å². The average molecular weight is 407 g/mol. The minimum Gasteiger partial charge on any atom is -0.546 e. The number of rotatable bonds is 6. The number of nitrogens with one attached hydrogen (secondary N) is 1. The molecule has 0 unspecified atom stereocenters. The Hall–Kier alpha value is -3.94. The van der Waals surface area contributed by atoms with Crippen LogP contribution in [0.1, 0.15) is 30.9 Å². The molecule has 1 fully saturated rings. The molecule has 154 valence electrons. The van der Waals surface area contributed by atoms with Gasteiger partial charge in [-0.3, -0.25) is 14.9 Å². The summed E-state index contributed by atoms with van der Waals surface area (Å²) in [6.45, 7) is 3.47. The fourth-order valence-electron chi connectivity index (χ4n) is 2.87. The number of hydrogen-bond donors (Lipinski definition) is 1. The lowest BCUT2D eigenvalue weighted by atomic mass is 10.0. The maximum atomic E-state index is 12.9. The second-order valence-corrected chi connectivity index (χ2v) is 6.93. The molecule has 1 aliphatic rings. The highest BCUT2D eigenvalue weighted by molar-refractivity contribution is 6.39. The van der Waals surface area contributed by atoms with Crippen LogP contribution in [-0.2, 0) is 14.4 Å². The van der Waals surface area contributed by atoms with Gasteiger partial charge in [0.25, 0.3) is 11.8 Å². The molecule has 0 aliphatic carbocycles. The van der Waals surface area contributed by atoms with Gasteiger partial charge in [0, 0.05) is 0 Å².